The third-order valence-electron chi connectivity index (χ3n) is 3.46. The Bertz CT molecular complexity index is 532. The molecule has 0 bridgehead atoms. The number of aliphatic hydroxyl groups excluding tert-OH is 6. The van der Waals surface area contributed by atoms with Gasteiger partial charge in [-0.1, -0.05) is 0 Å². The van der Waals surface area contributed by atoms with Crippen molar-refractivity contribution in [2.75, 3.05) is 26.3 Å². The molecule has 0 aromatic carbocycles. The van der Waals surface area contributed by atoms with Crippen LogP contribution in [0.2, 0.25) is 0 Å². The topological polar surface area (TPSA) is 192 Å². The molecule has 26 heavy (non-hydrogen) atoms. The summed E-state index contributed by atoms with van der Waals surface area (Å²) in [5, 5.41) is 59.3. The first-order chi connectivity index (χ1) is 12.3. The van der Waals surface area contributed by atoms with Crippen molar-refractivity contribution in [3.63, 3.8) is 0 Å². The van der Waals surface area contributed by atoms with Crippen molar-refractivity contribution >= 4 is 11.8 Å². The Balaban J connectivity index is 2.54. The normalized spacial score (nSPS) is 15.6. The van der Waals surface area contributed by atoms with E-state index in [1.807, 2.05) is 0 Å². The van der Waals surface area contributed by atoms with Crippen LogP contribution in [-0.2, 0) is 0 Å². The van der Waals surface area contributed by atoms with Gasteiger partial charge in [-0.15, -0.1) is 0 Å². The van der Waals surface area contributed by atoms with Gasteiger partial charge in [-0.25, -0.2) is 0 Å². The number of carbonyl (C=O) groups excluding carboxylic acids is 2. The van der Waals surface area contributed by atoms with E-state index in [1.54, 1.807) is 0 Å². The van der Waals surface area contributed by atoms with Crippen molar-refractivity contribution in [2.24, 2.45) is 0 Å². The first-order valence-corrected chi connectivity index (χ1v) is 7.76. The van der Waals surface area contributed by atoms with E-state index in [2.05, 4.69) is 15.6 Å². The average molecular weight is 373 g/mol. The van der Waals surface area contributed by atoms with Gasteiger partial charge >= 0.3 is 0 Å². The van der Waals surface area contributed by atoms with Crippen LogP contribution in [-0.4, -0.2) is 98.2 Å². The summed E-state index contributed by atoms with van der Waals surface area (Å²) in [6.45, 7) is -1.88. The maximum absolute atomic E-state index is 11.9. The van der Waals surface area contributed by atoms with Gasteiger partial charge in [-0.2, -0.15) is 0 Å². The third-order valence-corrected chi connectivity index (χ3v) is 3.46. The Kier molecular flexibility index (Phi) is 9.05. The summed E-state index contributed by atoms with van der Waals surface area (Å²) in [7, 11) is 0. The standard InChI is InChI=1S/C15H23N3O8/c19-6-12(23)10(21)4-17-14(25)8-1-2-9(16-3-8)15(26)18-5-11(22)13(24)7-20/h1-3,10-13,19-24H,4-7H2,(H,17,25)(H,18,26). The molecule has 1 aromatic heterocycles. The van der Waals surface area contributed by atoms with Crippen LogP contribution in [0.3, 0.4) is 0 Å². The van der Waals surface area contributed by atoms with Crippen molar-refractivity contribution < 1.29 is 40.2 Å². The van der Waals surface area contributed by atoms with Crippen LogP contribution < -0.4 is 10.6 Å². The summed E-state index contributed by atoms with van der Waals surface area (Å²) in [4.78, 5) is 27.5. The van der Waals surface area contributed by atoms with Gasteiger partial charge in [0.2, 0.25) is 0 Å². The maximum atomic E-state index is 11.9. The van der Waals surface area contributed by atoms with Crippen molar-refractivity contribution in [1.29, 1.82) is 0 Å². The minimum absolute atomic E-state index is 0.0389. The van der Waals surface area contributed by atoms with Crippen LogP contribution in [0, 0.1) is 0 Å². The van der Waals surface area contributed by atoms with E-state index in [1.165, 1.54) is 12.1 Å². The van der Waals surface area contributed by atoms with Gasteiger partial charge in [0.05, 0.1) is 31.0 Å². The molecule has 1 aromatic rings. The second-order valence-electron chi connectivity index (χ2n) is 5.49. The van der Waals surface area contributed by atoms with Gasteiger partial charge in [-0.3, -0.25) is 14.6 Å². The highest BCUT2D eigenvalue weighted by atomic mass is 16.4. The first kappa shape index (κ1) is 21.9. The molecule has 1 rings (SSSR count). The number of rotatable bonds is 10. The van der Waals surface area contributed by atoms with Gasteiger partial charge in [0.1, 0.15) is 17.9 Å². The van der Waals surface area contributed by atoms with E-state index in [0.717, 1.165) is 6.20 Å². The summed E-state index contributed by atoms with van der Waals surface area (Å²) in [6.07, 6.45) is -4.30. The zero-order valence-electron chi connectivity index (χ0n) is 13.8. The molecule has 2 amide bonds. The monoisotopic (exact) mass is 373 g/mol. The largest absolute Gasteiger partial charge is 0.394 e. The fraction of sp³-hybridized carbons (Fsp3) is 0.533. The molecule has 0 aliphatic heterocycles. The molecule has 4 unspecified atom stereocenters. The summed E-state index contributed by atoms with van der Waals surface area (Å²) in [6, 6.07) is 2.57. The Morgan fingerprint density at radius 3 is 1.77 bits per heavy atom. The van der Waals surface area contributed by atoms with Crippen LogP contribution in [0.15, 0.2) is 18.3 Å². The smallest absolute Gasteiger partial charge is 0.269 e. The minimum atomic E-state index is -1.38. The lowest BCUT2D eigenvalue weighted by atomic mass is 10.2. The zero-order chi connectivity index (χ0) is 19.7. The van der Waals surface area contributed by atoms with Crippen LogP contribution in [0.1, 0.15) is 20.8 Å². The highest BCUT2D eigenvalue weighted by Gasteiger charge is 2.18. The number of carbonyl (C=O) groups is 2. The molecule has 11 nitrogen and oxygen atoms in total. The molecule has 0 aliphatic rings. The van der Waals surface area contributed by atoms with E-state index in [0.29, 0.717) is 0 Å². The summed E-state index contributed by atoms with van der Waals surface area (Å²) >= 11 is 0. The number of nitrogens with one attached hydrogen (secondary N) is 2. The van der Waals surface area contributed by atoms with E-state index < -0.39 is 49.4 Å². The first-order valence-electron chi connectivity index (χ1n) is 7.76. The van der Waals surface area contributed by atoms with E-state index >= 15 is 0 Å². The number of nitrogens with zero attached hydrogens (tertiary/aromatic N) is 1. The van der Waals surface area contributed by atoms with E-state index in [9.17, 15) is 30.0 Å². The lowest BCUT2D eigenvalue weighted by molar-refractivity contribution is -0.0123. The fourth-order valence-corrected chi connectivity index (χ4v) is 1.77. The molecule has 0 spiro atoms. The molecule has 1 heterocycles. The van der Waals surface area contributed by atoms with E-state index in [-0.39, 0.29) is 24.3 Å². The van der Waals surface area contributed by atoms with Crippen LogP contribution in [0.5, 0.6) is 0 Å². The summed E-state index contributed by atoms with van der Waals surface area (Å²) in [5.74, 6) is -1.25. The Hall–Kier alpha value is -2.15. The van der Waals surface area contributed by atoms with Crippen molar-refractivity contribution in [1.82, 2.24) is 15.6 Å². The van der Waals surface area contributed by atoms with Gasteiger partial charge in [0, 0.05) is 19.3 Å². The zero-order valence-corrected chi connectivity index (χ0v) is 13.8. The number of amides is 2. The second-order valence-corrected chi connectivity index (χ2v) is 5.49. The van der Waals surface area contributed by atoms with Gasteiger partial charge in [0.25, 0.3) is 11.8 Å². The number of pyridine rings is 1. The van der Waals surface area contributed by atoms with Crippen LogP contribution >= 0.6 is 0 Å². The highest BCUT2D eigenvalue weighted by molar-refractivity contribution is 5.96. The van der Waals surface area contributed by atoms with Crippen molar-refractivity contribution in [3.05, 3.63) is 29.6 Å². The number of hydrogen-bond acceptors (Lipinski definition) is 9. The fourth-order valence-electron chi connectivity index (χ4n) is 1.77. The third kappa shape index (κ3) is 6.63. The Morgan fingerprint density at radius 1 is 0.846 bits per heavy atom. The molecule has 11 heteroatoms. The second kappa shape index (κ2) is 10.8. The molecule has 8 N–H and O–H groups in total. The Labute approximate surface area is 148 Å². The summed E-state index contributed by atoms with van der Waals surface area (Å²) in [5.41, 5.74) is 0.0611. The molecule has 0 saturated heterocycles. The molecular weight excluding hydrogens is 350 g/mol. The van der Waals surface area contributed by atoms with Gasteiger partial charge < -0.3 is 41.3 Å². The molecule has 0 saturated carbocycles. The molecular formula is C15H23N3O8. The van der Waals surface area contributed by atoms with Crippen molar-refractivity contribution in [3.8, 4) is 0 Å². The maximum Gasteiger partial charge on any atom is 0.269 e. The highest BCUT2D eigenvalue weighted by Crippen LogP contribution is 2.02. The average Bonchev–Trinajstić information content (AvgIpc) is 2.68. The SMILES string of the molecule is O=C(NCC(O)C(O)CO)c1ccc(C(=O)NCC(O)C(O)CO)nc1. The predicted molar refractivity (Wildman–Crippen MR) is 87.1 cm³/mol. The van der Waals surface area contributed by atoms with E-state index in [4.69, 9.17) is 10.2 Å². The van der Waals surface area contributed by atoms with Gasteiger partial charge in [0.15, 0.2) is 0 Å². The lowest BCUT2D eigenvalue weighted by Gasteiger charge is -2.16. The number of aliphatic hydroxyl groups is 6. The Morgan fingerprint density at radius 2 is 1.35 bits per heavy atom. The quantitative estimate of drug-likeness (QED) is 0.202. The summed E-state index contributed by atoms with van der Waals surface area (Å²) < 4.78 is 0. The molecule has 146 valence electrons. The molecule has 0 aliphatic carbocycles. The lowest BCUT2D eigenvalue weighted by Crippen LogP contribution is -2.41. The van der Waals surface area contributed by atoms with Crippen LogP contribution in [0.4, 0.5) is 0 Å². The predicted octanol–water partition coefficient (Wildman–Crippen LogP) is -4.03. The van der Waals surface area contributed by atoms with Crippen molar-refractivity contribution in [2.45, 2.75) is 24.4 Å². The van der Waals surface area contributed by atoms with Crippen LogP contribution in [0.25, 0.3) is 0 Å². The van der Waals surface area contributed by atoms with Gasteiger partial charge in [-0.05, 0) is 12.1 Å². The molecule has 4 atom stereocenters. The number of aromatic nitrogens is 1. The molecule has 0 fully saturated rings. The number of hydrogen-bond donors (Lipinski definition) is 8. The minimum Gasteiger partial charge on any atom is -0.394 e. The molecule has 0 radical (unpaired) electrons.